The summed E-state index contributed by atoms with van der Waals surface area (Å²) >= 11 is 1.80. The van der Waals surface area contributed by atoms with Gasteiger partial charge in [-0.2, -0.15) is 0 Å². The molecule has 3 heterocycles. The number of allylic oxidation sites excluding steroid dienone is 5. The van der Waals surface area contributed by atoms with Crippen LogP contribution >= 0.6 is 11.3 Å². The minimum atomic E-state index is 0.634. The van der Waals surface area contributed by atoms with E-state index in [-0.39, 0.29) is 0 Å². The molecule has 56 heavy (non-hydrogen) atoms. The van der Waals surface area contributed by atoms with Crippen LogP contribution in [0.25, 0.3) is 94.2 Å². The van der Waals surface area contributed by atoms with E-state index >= 15 is 0 Å². The second kappa shape index (κ2) is 15.3. The van der Waals surface area contributed by atoms with Gasteiger partial charge in [0.25, 0.3) is 0 Å². The lowest BCUT2D eigenvalue weighted by molar-refractivity contribution is 1.07. The predicted octanol–water partition coefficient (Wildman–Crippen LogP) is 13.8. The Kier molecular flexibility index (Phi) is 9.50. The van der Waals surface area contributed by atoms with Crippen molar-refractivity contribution in [3.63, 3.8) is 0 Å². The molecule has 0 unspecified atom stereocenters. The molecular formula is C51H36N4S. The number of thiophene rings is 1. The van der Waals surface area contributed by atoms with Gasteiger partial charge in [0, 0.05) is 48.2 Å². The van der Waals surface area contributed by atoms with Gasteiger partial charge in [-0.1, -0.05) is 189 Å². The molecule has 0 aliphatic carbocycles. The fraction of sp³-hybridized carbons (Fsp3) is 0.0196. The Labute approximate surface area is 330 Å². The number of hydrogen-bond donors (Lipinski definition) is 0. The van der Waals surface area contributed by atoms with Crippen LogP contribution in [0.4, 0.5) is 0 Å². The quantitative estimate of drug-likeness (QED) is 0.138. The van der Waals surface area contributed by atoms with Gasteiger partial charge in [0.15, 0.2) is 17.5 Å². The molecule has 0 bridgehead atoms. The van der Waals surface area contributed by atoms with Gasteiger partial charge in [-0.15, -0.1) is 11.3 Å². The van der Waals surface area contributed by atoms with Crippen molar-refractivity contribution >= 4 is 38.6 Å². The first-order valence-electron chi connectivity index (χ1n) is 18.6. The second-order valence-corrected chi connectivity index (χ2v) is 14.4. The Morgan fingerprint density at radius 2 is 0.946 bits per heavy atom. The summed E-state index contributed by atoms with van der Waals surface area (Å²) < 4.78 is 0. The number of fused-ring (bicyclic) bond motifs is 3. The maximum absolute atomic E-state index is 5.35. The minimum absolute atomic E-state index is 0.634. The molecule has 0 radical (unpaired) electrons. The summed E-state index contributed by atoms with van der Waals surface area (Å²) in [6.07, 6.45) is 8.21. The summed E-state index contributed by atoms with van der Waals surface area (Å²) in [5, 5.41) is 3.50. The Morgan fingerprint density at radius 1 is 0.482 bits per heavy atom. The highest BCUT2D eigenvalue weighted by molar-refractivity contribution is 7.19. The Morgan fingerprint density at radius 3 is 1.48 bits per heavy atom. The molecule has 9 rings (SSSR count). The lowest BCUT2D eigenvalue weighted by Gasteiger charge is -2.12. The first-order chi connectivity index (χ1) is 27.7. The van der Waals surface area contributed by atoms with Crippen LogP contribution in [0.2, 0.25) is 0 Å². The first kappa shape index (κ1) is 34.7. The van der Waals surface area contributed by atoms with Crippen molar-refractivity contribution in [3.8, 4) is 67.0 Å². The Bertz CT molecular complexity index is 2840. The van der Waals surface area contributed by atoms with E-state index < -0.39 is 0 Å². The smallest absolute Gasteiger partial charge is 0.164 e. The standard InChI is InChI=1S/C51H36N4S/c1-3-5-17-34(4-2)47-45-44(48(56-47)38-18-9-6-10-19-38)42-24-15-16-25-43(42)52-46(45)37-30-26-35(27-31-37)36-28-32-41(33-29-36)51-54-49(39-20-11-7-12-21-39)53-50(55-51)40-22-13-8-14-23-40/h3-33H,2H2,1H3/b5-3-,34-17+. The van der Waals surface area contributed by atoms with E-state index in [1.165, 1.54) is 15.8 Å². The normalized spacial score (nSPS) is 11.8. The van der Waals surface area contributed by atoms with Crippen molar-refractivity contribution in [3.05, 3.63) is 200 Å². The SMILES string of the molecule is C=C/C(=C\C=C/C)c1sc(-c2ccccc2)c2c1c(-c1ccc(-c3ccc(-c4nc(-c5ccccc5)nc(-c5ccccc5)n4)cc3)cc1)nc1ccccc12. The highest BCUT2D eigenvalue weighted by Gasteiger charge is 2.22. The molecule has 0 saturated heterocycles. The van der Waals surface area contributed by atoms with E-state index in [1.807, 2.05) is 79.7 Å². The summed E-state index contributed by atoms with van der Waals surface area (Å²) in [6, 6.07) is 56.5. The fourth-order valence-corrected chi connectivity index (χ4v) is 8.43. The van der Waals surface area contributed by atoms with Crippen LogP contribution in [-0.4, -0.2) is 19.9 Å². The zero-order chi connectivity index (χ0) is 37.8. The summed E-state index contributed by atoms with van der Waals surface area (Å²) in [7, 11) is 0. The lowest BCUT2D eigenvalue weighted by Crippen LogP contribution is -2.00. The molecule has 0 amide bonds. The Hall–Kier alpha value is -7.08. The Balaban J connectivity index is 1.13. The average molecular weight is 737 g/mol. The molecule has 3 aromatic heterocycles. The molecule has 0 atom stereocenters. The van der Waals surface area contributed by atoms with Crippen LogP contribution in [0.15, 0.2) is 195 Å². The first-order valence-corrected chi connectivity index (χ1v) is 19.4. The van der Waals surface area contributed by atoms with Gasteiger partial charge in [0.05, 0.1) is 11.2 Å². The van der Waals surface area contributed by atoms with Gasteiger partial charge in [-0.25, -0.2) is 19.9 Å². The predicted molar refractivity (Wildman–Crippen MR) is 236 cm³/mol. The van der Waals surface area contributed by atoms with Crippen LogP contribution in [0.3, 0.4) is 0 Å². The molecule has 0 aliphatic heterocycles. The number of aromatic nitrogens is 4. The molecule has 0 saturated carbocycles. The molecule has 266 valence electrons. The van der Waals surface area contributed by atoms with Crippen molar-refractivity contribution in [2.24, 2.45) is 0 Å². The van der Waals surface area contributed by atoms with Gasteiger partial charge >= 0.3 is 0 Å². The number of para-hydroxylation sites is 1. The van der Waals surface area contributed by atoms with Crippen molar-refractivity contribution in [1.29, 1.82) is 0 Å². The van der Waals surface area contributed by atoms with Crippen molar-refractivity contribution < 1.29 is 0 Å². The summed E-state index contributed by atoms with van der Waals surface area (Å²) in [5.74, 6) is 1.93. The molecule has 6 aromatic carbocycles. The largest absolute Gasteiger partial charge is 0.247 e. The fourth-order valence-electron chi connectivity index (χ4n) is 7.08. The third-order valence-electron chi connectivity index (χ3n) is 9.87. The zero-order valence-electron chi connectivity index (χ0n) is 30.8. The molecule has 9 aromatic rings. The monoisotopic (exact) mass is 736 g/mol. The van der Waals surface area contributed by atoms with Crippen molar-refractivity contribution in [2.45, 2.75) is 6.92 Å². The van der Waals surface area contributed by atoms with E-state index in [4.69, 9.17) is 19.9 Å². The summed E-state index contributed by atoms with van der Waals surface area (Å²) in [5.41, 5.74) is 10.3. The zero-order valence-corrected chi connectivity index (χ0v) is 31.6. The van der Waals surface area contributed by atoms with E-state index in [0.29, 0.717) is 17.5 Å². The van der Waals surface area contributed by atoms with Crippen molar-refractivity contribution in [2.75, 3.05) is 0 Å². The minimum Gasteiger partial charge on any atom is -0.247 e. The topological polar surface area (TPSA) is 51.6 Å². The maximum atomic E-state index is 5.35. The average Bonchev–Trinajstić information content (AvgIpc) is 3.68. The third kappa shape index (κ3) is 6.66. The molecule has 4 nitrogen and oxygen atoms in total. The van der Waals surface area contributed by atoms with Gasteiger partial charge in [-0.3, -0.25) is 0 Å². The number of pyridine rings is 1. The number of hydrogen-bond acceptors (Lipinski definition) is 5. The summed E-state index contributed by atoms with van der Waals surface area (Å²) in [4.78, 5) is 22.4. The van der Waals surface area contributed by atoms with E-state index in [1.54, 1.807) is 11.3 Å². The molecule has 0 spiro atoms. The number of nitrogens with zero attached hydrogens (tertiary/aromatic N) is 4. The molecule has 0 aliphatic rings. The molecule has 5 heteroatoms. The number of rotatable bonds is 9. The lowest BCUT2D eigenvalue weighted by atomic mass is 9.95. The maximum Gasteiger partial charge on any atom is 0.164 e. The van der Waals surface area contributed by atoms with Crippen LogP contribution < -0.4 is 0 Å². The molecule has 0 N–H and O–H groups in total. The molecule has 0 fully saturated rings. The van der Waals surface area contributed by atoms with Crippen LogP contribution in [0.5, 0.6) is 0 Å². The summed E-state index contributed by atoms with van der Waals surface area (Å²) in [6.45, 7) is 6.26. The van der Waals surface area contributed by atoms with Crippen LogP contribution in [0, 0.1) is 0 Å². The van der Waals surface area contributed by atoms with Gasteiger partial charge in [0.2, 0.25) is 0 Å². The van der Waals surface area contributed by atoms with Gasteiger partial charge < -0.3 is 0 Å². The van der Waals surface area contributed by atoms with Gasteiger partial charge in [-0.05, 0) is 35.3 Å². The second-order valence-electron chi connectivity index (χ2n) is 13.4. The highest BCUT2D eigenvalue weighted by Crippen LogP contribution is 2.48. The third-order valence-corrected chi connectivity index (χ3v) is 11.2. The van der Waals surface area contributed by atoms with E-state index in [0.717, 1.165) is 65.8 Å². The highest BCUT2D eigenvalue weighted by atomic mass is 32.1. The van der Waals surface area contributed by atoms with E-state index in [9.17, 15) is 0 Å². The van der Waals surface area contributed by atoms with Crippen molar-refractivity contribution in [1.82, 2.24) is 19.9 Å². The van der Waals surface area contributed by atoms with Crippen LogP contribution in [-0.2, 0) is 0 Å². The molecular weight excluding hydrogens is 701 g/mol. The van der Waals surface area contributed by atoms with E-state index in [2.05, 4.69) is 122 Å². The number of benzene rings is 6. The van der Waals surface area contributed by atoms with Crippen LogP contribution in [0.1, 0.15) is 11.8 Å². The van der Waals surface area contributed by atoms with Gasteiger partial charge in [0.1, 0.15) is 0 Å².